The average molecular weight is 252 g/mol. The largest absolute Gasteiger partial charge is 0.313 e. The van der Waals surface area contributed by atoms with Crippen LogP contribution in [0.15, 0.2) is 0 Å². The summed E-state index contributed by atoms with van der Waals surface area (Å²) >= 11 is 0. The van der Waals surface area contributed by atoms with Gasteiger partial charge in [-0.05, 0) is 70.1 Å². The third-order valence-electron chi connectivity index (χ3n) is 5.18. The highest BCUT2D eigenvalue weighted by atomic mass is 15.1. The number of rotatable bonds is 4. The molecule has 2 nitrogen and oxygen atoms in total. The van der Waals surface area contributed by atoms with Gasteiger partial charge in [0.1, 0.15) is 0 Å². The molecule has 1 saturated heterocycles. The summed E-state index contributed by atoms with van der Waals surface area (Å²) in [4.78, 5) is 2.47. The van der Waals surface area contributed by atoms with E-state index in [0.29, 0.717) is 0 Å². The number of nitrogens with zero attached hydrogens (tertiary/aromatic N) is 1. The minimum atomic E-state index is 0.804. The van der Waals surface area contributed by atoms with Gasteiger partial charge in [0, 0.05) is 6.04 Å². The average Bonchev–Trinajstić information content (AvgIpc) is 2.38. The minimum absolute atomic E-state index is 0.804. The Labute approximate surface area is 114 Å². The van der Waals surface area contributed by atoms with E-state index in [0.717, 1.165) is 23.8 Å². The second-order valence-electron chi connectivity index (χ2n) is 6.95. The van der Waals surface area contributed by atoms with Crippen LogP contribution in [-0.4, -0.2) is 37.6 Å². The molecule has 2 heteroatoms. The third kappa shape index (κ3) is 3.96. The van der Waals surface area contributed by atoms with Gasteiger partial charge in [-0.2, -0.15) is 0 Å². The summed E-state index contributed by atoms with van der Waals surface area (Å²) in [5, 5.41) is 3.92. The topological polar surface area (TPSA) is 15.3 Å². The van der Waals surface area contributed by atoms with E-state index in [4.69, 9.17) is 0 Å². The molecule has 2 rings (SSSR count). The molecule has 0 amide bonds. The van der Waals surface area contributed by atoms with Gasteiger partial charge in [0.05, 0.1) is 0 Å². The van der Waals surface area contributed by atoms with Crippen LogP contribution in [0.2, 0.25) is 0 Å². The fourth-order valence-electron chi connectivity index (χ4n) is 3.80. The van der Waals surface area contributed by atoms with Gasteiger partial charge in [-0.25, -0.2) is 0 Å². The molecule has 0 bridgehead atoms. The molecule has 2 fully saturated rings. The van der Waals surface area contributed by atoms with Crippen LogP contribution in [0, 0.1) is 17.8 Å². The lowest BCUT2D eigenvalue weighted by Gasteiger charge is -2.37. The van der Waals surface area contributed by atoms with Gasteiger partial charge in [0.15, 0.2) is 0 Å². The Bertz CT molecular complexity index is 231. The van der Waals surface area contributed by atoms with E-state index in [1.54, 1.807) is 0 Å². The first-order valence-corrected chi connectivity index (χ1v) is 8.08. The molecule has 1 saturated carbocycles. The van der Waals surface area contributed by atoms with Crippen molar-refractivity contribution in [2.75, 3.05) is 26.7 Å². The molecular formula is C16H32N2. The predicted octanol–water partition coefficient (Wildman–Crippen LogP) is 3.13. The van der Waals surface area contributed by atoms with Gasteiger partial charge in [-0.1, -0.05) is 26.7 Å². The van der Waals surface area contributed by atoms with Crippen molar-refractivity contribution in [1.82, 2.24) is 10.2 Å². The molecule has 106 valence electrons. The maximum atomic E-state index is 3.92. The molecule has 0 aromatic rings. The molecular weight excluding hydrogens is 220 g/mol. The van der Waals surface area contributed by atoms with Gasteiger partial charge in [-0.15, -0.1) is 0 Å². The zero-order chi connectivity index (χ0) is 13.0. The highest BCUT2D eigenvalue weighted by molar-refractivity contribution is 4.84. The lowest BCUT2D eigenvalue weighted by Crippen LogP contribution is -2.44. The Morgan fingerprint density at radius 1 is 1.06 bits per heavy atom. The highest BCUT2D eigenvalue weighted by Crippen LogP contribution is 2.30. The number of piperidine rings is 1. The van der Waals surface area contributed by atoms with Crippen LogP contribution in [0.25, 0.3) is 0 Å². The van der Waals surface area contributed by atoms with Crippen molar-refractivity contribution in [1.29, 1.82) is 0 Å². The molecule has 18 heavy (non-hydrogen) atoms. The lowest BCUT2D eigenvalue weighted by molar-refractivity contribution is 0.176. The van der Waals surface area contributed by atoms with E-state index in [-0.39, 0.29) is 0 Å². The van der Waals surface area contributed by atoms with E-state index >= 15 is 0 Å². The first-order chi connectivity index (χ1) is 8.66. The highest BCUT2D eigenvalue weighted by Gasteiger charge is 2.28. The molecule has 0 aromatic heterocycles. The van der Waals surface area contributed by atoms with Crippen molar-refractivity contribution in [3.8, 4) is 0 Å². The Balaban J connectivity index is 1.74. The monoisotopic (exact) mass is 252 g/mol. The molecule has 2 atom stereocenters. The zero-order valence-electron chi connectivity index (χ0n) is 12.6. The van der Waals surface area contributed by atoms with Crippen molar-refractivity contribution in [2.45, 2.75) is 58.4 Å². The van der Waals surface area contributed by atoms with Crippen LogP contribution in [0.3, 0.4) is 0 Å². The van der Waals surface area contributed by atoms with Crippen molar-refractivity contribution in [2.24, 2.45) is 17.8 Å². The van der Waals surface area contributed by atoms with Gasteiger partial charge in [-0.3, -0.25) is 0 Å². The summed E-state index contributed by atoms with van der Waals surface area (Å²) in [6.07, 6.45) is 8.53. The summed E-state index contributed by atoms with van der Waals surface area (Å²) in [5.41, 5.74) is 0. The van der Waals surface area contributed by atoms with Crippen LogP contribution >= 0.6 is 0 Å². The zero-order valence-corrected chi connectivity index (χ0v) is 12.6. The van der Waals surface area contributed by atoms with Crippen LogP contribution in [0.5, 0.6) is 0 Å². The summed E-state index contributed by atoms with van der Waals surface area (Å²) in [6.45, 7) is 8.66. The summed E-state index contributed by atoms with van der Waals surface area (Å²) in [6, 6.07) is 0.804. The first-order valence-electron chi connectivity index (χ1n) is 8.08. The van der Waals surface area contributed by atoms with Gasteiger partial charge in [0.25, 0.3) is 0 Å². The summed E-state index contributed by atoms with van der Waals surface area (Å²) < 4.78 is 0. The van der Waals surface area contributed by atoms with Crippen LogP contribution in [0.4, 0.5) is 0 Å². The maximum absolute atomic E-state index is 3.92. The molecule has 2 aliphatic rings. The molecule has 1 aliphatic heterocycles. The first kappa shape index (κ1) is 14.3. The molecule has 2 unspecified atom stereocenters. The summed E-state index contributed by atoms with van der Waals surface area (Å²) in [7, 11) is 2.25. The van der Waals surface area contributed by atoms with Crippen molar-refractivity contribution >= 4 is 0 Å². The Morgan fingerprint density at radius 2 is 1.72 bits per heavy atom. The minimum Gasteiger partial charge on any atom is -0.313 e. The van der Waals surface area contributed by atoms with E-state index in [1.807, 2.05) is 0 Å². The van der Waals surface area contributed by atoms with Gasteiger partial charge < -0.3 is 10.2 Å². The van der Waals surface area contributed by atoms with E-state index in [9.17, 15) is 0 Å². The number of nitrogens with one attached hydrogen (secondary N) is 1. The fraction of sp³-hybridized carbons (Fsp3) is 1.00. The normalized spacial score (nSPS) is 32.0. The Morgan fingerprint density at radius 3 is 2.39 bits per heavy atom. The number of likely N-dealkylation sites (tertiary alicyclic amines) is 1. The van der Waals surface area contributed by atoms with Crippen molar-refractivity contribution < 1.29 is 0 Å². The number of hydrogen-bond acceptors (Lipinski definition) is 2. The van der Waals surface area contributed by atoms with E-state index < -0.39 is 0 Å². The van der Waals surface area contributed by atoms with Gasteiger partial charge in [0.2, 0.25) is 0 Å². The molecule has 1 N–H and O–H groups in total. The number of hydrogen-bond donors (Lipinski definition) is 1. The van der Waals surface area contributed by atoms with Crippen LogP contribution < -0.4 is 5.32 Å². The molecule has 1 aliphatic carbocycles. The predicted molar refractivity (Wildman–Crippen MR) is 78.8 cm³/mol. The van der Waals surface area contributed by atoms with Crippen molar-refractivity contribution in [3.05, 3.63) is 0 Å². The quantitative estimate of drug-likeness (QED) is 0.827. The second kappa shape index (κ2) is 6.91. The Hall–Kier alpha value is -0.0800. The van der Waals surface area contributed by atoms with Crippen molar-refractivity contribution in [3.63, 3.8) is 0 Å². The maximum Gasteiger partial charge on any atom is 0.00978 e. The van der Waals surface area contributed by atoms with E-state index in [1.165, 1.54) is 58.2 Å². The third-order valence-corrected chi connectivity index (χ3v) is 5.18. The van der Waals surface area contributed by atoms with Crippen LogP contribution in [-0.2, 0) is 0 Å². The standard InChI is InChI=1S/C16H32N2/c1-13(2)15-6-4-5-7-16(15)17-12-14-8-10-18(3)11-9-14/h13-17H,4-12H2,1-3H3. The lowest BCUT2D eigenvalue weighted by atomic mass is 9.77. The Kier molecular flexibility index (Phi) is 5.50. The fourth-order valence-corrected chi connectivity index (χ4v) is 3.80. The molecule has 0 radical (unpaired) electrons. The molecule has 1 heterocycles. The molecule has 0 aromatic carbocycles. The second-order valence-corrected chi connectivity index (χ2v) is 6.95. The van der Waals surface area contributed by atoms with E-state index in [2.05, 4.69) is 31.1 Å². The van der Waals surface area contributed by atoms with Gasteiger partial charge >= 0.3 is 0 Å². The van der Waals surface area contributed by atoms with Crippen LogP contribution in [0.1, 0.15) is 52.4 Å². The molecule has 0 spiro atoms. The smallest absolute Gasteiger partial charge is 0.00978 e. The summed E-state index contributed by atoms with van der Waals surface area (Å²) in [5.74, 6) is 2.70. The SMILES string of the molecule is CC(C)C1CCCCC1NCC1CCN(C)CC1.